The maximum Gasteiger partial charge on any atom is 0.163 e. The molecule has 2 aliphatic rings. The number of hydrogen-bond donors (Lipinski definition) is 2. The van der Waals surface area contributed by atoms with Crippen molar-refractivity contribution in [2.24, 2.45) is 0 Å². The second-order valence-corrected chi connectivity index (χ2v) is 9.21. The number of anilines is 3. The molecule has 1 heterocycles. The van der Waals surface area contributed by atoms with Crippen LogP contribution in [0.4, 0.5) is 17.1 Å². The Kier molecular flexibility index (Phi) is 6.49. The Balaban J connectivity index is 1.55. The van der Waals surface area contributed by atoms with Gasteiger partial charge in [0, 0.05) is 36.5 Å². The number of ether oxygens (including phenoxy) is 1. The maximum atomic E-state index is 13.7. The second-order valence-electron chi connectivity index (χ2n) is 9.21. The molecule has 0 saturated heterocycles. The van der Waals surface area contributed by atoms with Crippen LogP contribution in [0.2, 0.25) is 0 Å². The van der Waals surface area contributed by atoms with Gasteiger partial charge in [0.1, 0.15) is 5.75 Å². The molecule has 5 rings (SSSR count). The van der Waals surface area contributed by atoms with E-state index in [9.17, 15) is 4.79 Å². The summed E-state index contributed by atoms with van der Waals surface area (Å²) < 4.78 is 5.44. The summed E-state index contributed by atoms with van der Waals surface area (Å²) in [6.07, 6.45) is 1.26. The number of fused-ring (bicyclic) bond motifs is 1. The molecule has 2 unspecified atom stereocenters. The van der Waals surface area contributed by atoms with E-state index in [1.165, 1.54) is 5.69 Å². The molecule has 3 aromatic carbocycles. The smallest absolute Gasteiger partial charge is 0.163 e. The summed E-state index contributed by atoms with van der Waals surface area (Å²) >= 11 is 0. The van der Waals surface area contributed by atoms with Gasteiger partial charge in [-0.05, 0) is 73.7 Å². The highest BCUT2D eigenvalue weighted by atomic mass is 16.5. The molecule has 3 aromatic rings. The molecule has 0 amide bonds. The van der Waals surface area contributed by atoms with Crippen LogP contribution in [0.5, 0.6) is 5.75 Å². The number of nitrogens with one attached hydrogen (secondary N) is 2. The van der Waals surface area contributed by atoms with Crippen LogP contribution >= 0.6 is 0 Å². The second kappa shape index (κ2) is 9.87. The molecule has 0 radical (unpaired) electrons. The number of hydrogen-bond acceptors (Lipinski definition) is 5. The predicted molar refractivity (Wildman–Crippen MR) is 143 cm³/mol. The van der Waals surface area contributed by atoms with Gasteiger partial charge in [0.15, 0.2) is 5.78 Å². The van der Waals surface area contributed by atoms with Gasteiger partial charge in [-0.3, -0.25) is 4.79 Å². The van der Waals surface area contributed by atoms with E-state index in [4.69, 9.17) is 4.74 Å². The van der Waals surface area contributed by atoms with Crippen LogP contribution in [-0.4, -0.2) is 26.0 Å². The summed E-state index contributed by atoms with van der Waals surface area (Å²) in [5.74, 6) is 1.12. The van der Waals surface area contributed by atoms with Gasteiger partial charge in [-0.25, -0.2) is 0 Å². The fourth-order valence-corrected chi connectivity index (χ4v) is 5.34. The number of rotatable bonds is 6. The lowest BCUT2D eigenvalue weighted by Crippen LogP contribution is -2.27. The van der Waals surface area contributed by atoms with Crippen molar-refractivity contribution in [2.45, 2.75) is 38.6 Å². The summed E-state index contributed by atoms with van der Waals surface area (Å²) in [4.78, 5) is 16.1. The van der Waals surface area contributed by atoms with E-state index in [2.05, 4.69) is 77.9 Å². The largest absolute Gasteiger partial charge is 0.497 e. The van der Waals surface area contributed by atoms with Crippen LogP contribution in [0.25, 0.3) is 0 Å². The lowest BCUT2D eigenvalue weighted by molar-refractivity contribution is -0.116. The highest BCUT2D eigenvalue weighted by Gasteiger charge is 2.36. The Labute approximate surface area is 207 Å². The Hall–Kier alpha value is -3.73. The van der Waals surface area contributed by atoms with Crippen LogP contribution < -0.4 is 20.3 Å². The molecule has 35 heavy (non-hydrogen) atoms. The van der Waals surface area contributed by atoms with Crippen molar-refractivity contribution in [1.82, 2.24) is 0 Å². The number of benzene rings is 3. The van der Waals surface area contributed by atoms with Crippen molar-refractivity contribution < 1.29 is 9.53 Å². The van der Waals surface area contributed by atoms with E-state index in [1.807, 2.05) is 24.3 Å². The first-order chi connectivity index (χ1) is 17.1. The van der Waals surface area contributed by atoms with Crippen molar-refractivity contribution in [3.63, 3.8) is 0 Å². The molecule has 0 spiro atoms. The molecule has 180 valence electrons. The third-order valence-electron chi connectivity index (χ3n) is 7.23. The minimum atomic E-state index is -0.203. The Morgan fingerprint density at radius 2 is 1.63 bits per heavy atom. The number of methoxy groups -OCH3 is 1. The van der Waals surface area contributed by atoms with Crippen LogP contribution in [-0.2, 0) is 4.79 Å². The number of ketones is 1. The Morgan fingerprint density at radius 3 is 2.34 bits per heavy atom. The topological polar surface area (TPSA) is 53.6 Å². The molecule has 0 fully saturated rings. The lowest BCUT2D eigenvalue weighted by Gasteiger charge is -2.30. The Morgan fingerprint density at radius 1 is 0.886 bits per heavy atom. The minimum absolute atomic E-state index is 0.111. The molecular formula is C30H33N3O2. The standard InChI is InChI=1S/C30H33N3O2/c1-4-33(5-2)23-15-13-20(14-16-23)30-29-27(31-25-11-6-7-12-26(25)32-30)18-22(19-28(29)34)21-9-8-10-24(17-21)35-3/h6-17,22,30-32H,4-5,18-19H2,1-3H3. The van der Waals surface area contributed by atoms with Crippen LogP contribution in [0.3, 0.4) is 0 Å². The molecular weight excluding hydrogens is 434 g/mol. The Bertz CT molecular complexity index is 1240. The van der Waals surface area contributed by atoms with Gasteiger partial charge in [0.2, 0.25) is 0 Å². The minimum Gasteiger partial charge on any atom is -0.497 e. The summed E-state index contributed by atoms with van der Waals surface area (Å²) in [6, 6.07) is 24.7. The van der Waals surface area contributed by atoms with Gasteiger partial charge in [-0.1, -0.05) is 36.4 Å². The summed E-state index contributed by atoms with van der Waals surface area (Å²) in [5, 5.41) is 7.30. The molecule has 2 atom stereocenters. The normalized spacial score (nSPS) is 19.1. The number of nitrogens with zero attached hydrogens (tertiary/aromatic N) is 1. The number of carbonyl (C=O) groups excluding carboxylic acids is 1. The van der Waals surface area contributed by atoms with Gasteiger partial charge >= 0.3 is 0 Å². The summed E-state index contributed by atoms with van der Waals surface area (Å²) in [6.45, 7) is 6.27. The van der Waals surface area contributed by atoms with E-state index in [-0.39, 0.29) is 17.7 Å². The lowest BCUT2D eigenvalue weighted by atomic mass is 9.78. The van der Waals surface area contributed by atoms with E-state index in [0.29, 0.717) is 6.42 Å². The monoisotopic (exact) mass is 467 g/mol. The average Bonchev–Trinajstić information content (AvgIpc) is 3.07. The highest BCUT2D eigenvalue weighted by molar-refractivity contribution is 6.01. The number of carbonyl (C=O) groups is 1. The van der Waals surface area contributed by atoms with Crippen molar-refractivity contribution in [2.75, 3.05) is 35.7 Å². The highest BCUT2D eigenvalue weighted by Crippen LogP contribution is 2.44. The first kappa shape index (κ1) is 23.0. The van der Waals surface area contributed by atoms with E-state index >= 15 is 0 Å². The molecule has 0 aromatic heterocycles. The zero-order valence-corrected chi connectivity index (χ0v) is 20.7. The third-order valence-corrected chi connectivity index (χ3v) is 7.23. The number of allylic oxidation sites excluding steroid dienone is 1. The molecule has 5 heteroatoms. The molecule has 2 N–H and O–H groups in total. The maximum absolute atomic E-state index is 13.7. The average molecular weight is 468 g/mol. The van der Waals surface area contributed by atoms with Gasteiger partial charge in [-0.2, -0.15) is 0 Å². The van der Waals surface area contributed by atoms with Gasteiger partial charge in [0.25, 0.3) is 0 Å². The van der Waals surface area contributed by atoms with Gasteiger partial charge in [-0.15, -0.1) is 0 Å². The molecule has 1 aliphatic heterocycles. The number of Topliss-reactive ketones (excluding diaryl/α,β-unsaturated/α-hetero) is 1. The summed E-state index contributed by atoms with van der Waals surface area (Å²) in [5.41, 5.74) is 7.29. The molecule has 1 aliphatic carbocycles. The summed E-state index contributed by atoms with van der Waals surface area (Å²) in [7, 11) is 1.68. The molecule has 0 saturated carbocycles. The molecule has 5 nitrogen and oxygen atoms in total. The van der Waals surface area contributed by atoms with E-state index in [0.717, 1.165) is 59.0 Å². The van der Waals surface area contributed by atoms with Gasteiger partial charge < -0.3 is 20.3 Å². The first-order valence-corrected chi connectivity index (χ1v) is 12.5. The van der Waals surface area contributed by atoms with Gasteiger partial charge in [0.05, 0.1) is 24.5 Å². The molecule has 0 bridgehead atoms. The van der Waals surface area contributed by atoms with Crippen LogP contribution in [0, 0.1) is 0 Å². The SMILES string of the molecule is CCN(CC)c1ccc(C2Nc3ccccc3NC3=C2C(=O)CC(c2cccc(OC)c2)C3)cc1. The zero-order chi connectivity index (χ0) is 24.4. The fourth-order valence-electron chi connectivity index (χ4n) is 5.34. The van der Waals surface area contributed by atoms with Crippen molar-refractivity contribution in [3.05, 3.63) is 95.2 Å². The van der Waals surface area contributed by atoms with E-state index in [1.54, 1.807) is 7.11 Å². The van der Waals surface area contributed by atoms with Crippen LogP contribution in [0.15, 0.2) is 84.1 Å². The van der Waals surface area contributed by atoms with Crippen LogP contribution in [0.1, 0.15) is 49.8 Å². The van der Waals surface area contributed by atoms with Crippen molar-refractivity contribution >= 4 is 22.8 Å². The predicted octanol–water partition coefficient (Wildman–Crippen LogP) is 6.52. The first-order valence-electron chi connectivity index (χ1n) is 12.5. The number of para-hydroxylation sites is 2. The van der Waals surface area contributed by atoms with E-state index < -0.39 is 0 Å². The third kappa shape index (κ3) is 4.51. The van der Waals surface area contributed by atoms with Crippen molar-refractivity contribution in [3.8, 4) is 5.75 Å². The zero-order valence-electron chi connectivity index (χ0n) is 20.7. The quantitative estimate of drug-likeness (QED) is 0.432. The fraction of sp³-hybridized carbons (Fsp3) is 0.300. The van der Waals surface area contributed by atoms with Crippen molar-refractivity contribution in [1.29, 1.82) is 0 Å².